The van der Waals surface area contributed by atoms with Gasteiger partial charge in [-0.05, 0) is 32.4 Å². The van der Waals surface area contributed by atoms with E-state index in [2.05, 4.69) is 67.4 Å². The van der Waals surface area contributed by atoms with Crippen molar-refractivity contribution in [3.8, 4) is 0 Å². The molecule has 3 aromatic rings. The number of nitrogens with zero attached hydrogens (tertiary/aromatic N) is 6. The fourth-order valence-corrected chi connectivity index (χ4v) is 2.99. The van der Waals surface area contributed by atoms with Crippen molar-refractivity contribution in [2.24, 2.45) is 4.99 Å². The predicted molar refractivity (Wildman–Crippen MR) is 103 cm³/mol. The smallest absolute Gasteiger partial charge is 0.191 e. The van der Waals surface area contributed by atoms with Gasteiger partial charge in [0.25, 0.3) is 0 Å². The summed E-state index contributed by atoms with van der Waals surface area (Å²) >= 11 is 0. The summed E-state index contributed by atoms with van der Waals surface area (Å²) in [6.45, 7) is 7.32. The molecule has 0 saturated heterocycles. The van der Waals surface area contributed by atoms with Crippen molar-refractivity contribution in [1.29, 1.82) is 0 Å². The Kier molecular flexibility index (Phi) is 5.83. The molecule has 2 aromatic heterocycles. The molecule has 0 radical (unpaired) electrons. The molecule has 2 N–H and O–H groups in total. The normalized spacial score (nSPS) is 11.9. The molecule has 1 aromatic carbocycles. The number of aryl methyl sites for hydroxylation is 3. The highest BCUT2D eigenvalue weighted by Crippen LogP contribution is 2.15. The van der Waals surface area contributed by atoms with Gasteiger partial charge in [0.2, 0.25) is 0 Å². The maximum Gasteiger partial charge on any atom is 0.191 e. The van der Waals surface area contributed by atoms with Crippen LogP contribution in [0.25, 0.3) is 11.0 Å². The number of nitrogens with one attached hydrogen (secondary N) is 2. The predicted octanol–water partition coefficient (Wildman–Crippen LogP) is 1.71. The minimum Gasteiger partial charge on any atom is -0.356 e. The van der Waals surface area contributed by atoms with Crippen LogP contribution in [-0.2, 0) is 19.6 Å². The Hall–Kier alpha value is -2.90. The number of fused-ring (bicyclic) bond motifs is 1. The Labute approximate surface area is 153 Å². The number of hydrogen-bond acceptors (Lipinski definition) is 4. The number of aromatic nitrogens is 5. The van der Waals surface area contributed by atoms with Crippen molar-refractivity contribution in [2.45, 2.75) is 39.9 Å². The van der Waals surface area contributed by atoms with Gasteiger partial charge < -0.3 is 19.8 Å². The summed E-state index contributed by atoms with van der Waals surface area (Å²) in [4.78, 5) is 8.87. The second kappa shape index (κ2) is 8.46. The molecule has 0 unspecified atom stereocenters. The molecule has 26 heavy (non-hydrogen) atoms. The molecular weight excluding hydrogens is 328 g/mol. The molecule has 0 aliphatic rings. The minimum absolute atomic E-state index is 0.596. The van der Waals surface area contributed by atoms with Gasteiger partial charge in [-0.25, -0.2) is 4.98 Å². The van der Waals surface area contributed by atoms with Crippen LogP contribution in [0.15, 0.2) is 35.6 Å². The molecular formula is C18H26N8. The third-order valence-corrected chi connectivity index (χ3v) is 4.37. The van der Waals surface area contributed by atoms with Crippen LogP contribution in [0.2, 0.25) is 0 Å². The van der Waals surface area contributed by atoms with Crippen LogP contribution < -0.4 is 10.6 Å². The monoisotopic (exact) mass is 354 g/mol. The zero-order valence-electron chi connectivity index (χ0n) is 15.6. The van der Waals surface area contributed by atoms with E-state index >= 15 is 0 Å². The number of guanidine groups is 1. The molecule has 8 heteroatoms. The minimum atomic E-state index is 0.596. The molecule has 8 nitrogen and oxygen atoms in total. The lowest BCUT2D eigenvalue weighted by Gasteiger charge is -2.12. The van der Waals surface area contributed by atoms with E-state index in [0.29, 0.717) is 6.54 Å². The van der Waals surface area contributed by atoms with Crippen LogP contribution in [0.5, 0.6) is 0 Å². The molecule has 0 atom stereocenters. The lowest BCUT2D eigenvalue weighted by atomic mass is 10.3. The molecule has 0 spiro atoms. The lowest BCUT2D eigenvalue weighted by Crippen LogP contribution is -2.38. The van der Waals surface area contributed by atoms with Crippen molar-refractivity contribution in [3.63, 3.8) is 0 Å². The third-order valence-electron chi connectivity index (χ3n) is 4.37. The highest BCUT2D eigenvalue weighted by atomic mass is 15.3. The Morgan fingerprint density at radius 2 is 2.08 bits per heavy atom. The molecule has 0 aliphatic heterocycles. The van der Waals surface area contributed by atoms with Gasteiger partial charge >= 0.3 is 0 Å². The first-order valence-electron chi connectivity index (χ1n) is 8.96. The number of aliphatic imine (C=N–C) groups is 1. The van der Waals surface area contributed by atoms with Gasteiger partial charge in [0.1, 0.15) is 12.2 Å². The SMILES string of the molecule is CCn1cnnc1CNC(=NC)NCCCn1c(C)nc2ccccc21. The summed E-state index contributed by atoms with van der Waals surface area (Å²) in [6, 6.07) is 8.25. The summed E-state index contributed by atoms with van der Waals surface area (Å²) in [7, 11) is 1.77. The zero-order chi connectivity index (χ0) is 18.4. The van der Waals surface area contributed by atoms with Gasteiger partial charge in [0.05, 0.1) is 17.6 Å². The van der Waals surface area contributed by atoms with Crippen LogP contribution in [-0.4, -0.2) is 43.9 Å². The average Bonchev–Trinajstić information content (AvgIpc) is 3.24. The Bertz CT molecular complexity index is 876. The fraction of sp³-hybridized carbons (Fsp3) is 0.444. The van der Waals surface area contributed by atoms with Crippen molar-refractivity contribution in [3.05, 3.63) is 42.2 Å². The van der Waals surface area contributed by atoms with Crippen molar-refractivity contribution >= 4 is 17.0 Å². The van der Waals surface area contributed by atoms with E-state index < -0.39 is 0 Å². The van der Waals surface area contributed by atoms with E-state index in [0.717, 1.165) is 49.2 Å². The molecule has 0 saturated carbocycles. The van der Waals surface area contributed by atoms with E-state index in [1.54, 1.807) is 13.4 Å². The first-order valence-corrected chi connectivity index (χ1v) is 8.96. The maximum absolute atomic E-state index is 4.61. The lowest BCUT2D eigenvalue weighted by molar-refractivity contribution is 0.620. The molecule has 0 aliphatic carbocycles. The number of hydrogen-bond donors (Lipinski definition) is 2. The summed E-state index contributed by atoms with van der Waals surface area (Å²) in [5, 5.41) is 14.7. The Morgan fingerprint density at radius 3 is 2.88 bits per heavy atom. The number of benzene rings is 1. The van der Waals surface area contributed by atoms with Gasteiger partial charge in [-0.1, -0.05) is 12.1 Å². The van der Waals surface area contributed by atoms with Crippen LogP contribution in [0, 0.1) is 6.92 Å². The second-order valence-corrected chi connectivity index (χ2v) is 6.04. The number of rotatable bonds is 7. The third kappa shape index (κ3) is 4.01. The molecule has 0 amide bonds. The molecule has 3 rings (SSSR count). The Balaban J connectivity index is 1.48. The quantitative estimate of drug-likeness (QED) is 0.383. The van der Waals surface area contributed by atoms with Crippen molar-refractivity contribution in [2.75, 3.05) is 13.6 Å². The largest absolute Gasteiger partial charge is 0.356 e. The van der Waals surface area contributed by atoms with Gasteiger partial charge in [0.15, 0.2) is 11.8 Å². The highest BCUT2D eigenvalue weighted by Gasteiger charge is 2.07. The van der Waals surface area contributed by atoms with Crippen LogP contribution in [0.3, 0.4) is 0 Å². The standard InChI is InChI=1S/C18H26N8/c1-4-25-13-22-24-17(25)12-21-18(19-3)20-10-7-11-26-14(2)23-15-8-5-6-9-16(15)26/h5-6,8-9,13H,4,7,10-12H2,1-3H3,(H2,19,20,21). The van der Waals surface area contributed by atoms with E-state index in [1.165, 1.54) is 5.52 Å². The maximum atomic E-state index is 4.61. The summed E-state index contributed by atoms with van der Waals surface area (Å²) in [5.41, 5.74) is 2.24. The molecule has 2 heterocycles. The van der Waals surface area contributed by atoms with Crippen LogP contribution in [0.4, 0.5) is 0 Å². The second-order valence-electron chi connectivity index (χ2n) is 6.04. The average molecular weight is 354 g/mol. The van der Waals surface area contributed by atoms with Gasteiger partial charge in [-0.15, -0.1) is 10.2 Å². The first-order chi connectivity index (χ1) is 12.7. The molecule has 138 valence electrons. The van der Waals surface area contributed by atoms with E-state index in [4.69, 9.17) is 0 Å². The molecule has 0 bridgehead atoms. The topological polar surface area (TPSA) is 85.0 Å². The number of imidazole rings is 1. The summed E-state index contributed by atoms with van der Waals surface area (Å²) < 4.78 is 4.27. The van der Waals surface area contributed by atoms with Crippen molar-refractivity contribution < 1.29 is 0 Å². The van der Waals surface area contributed by atoms with Gasteiger partial charge in [0, 0.05) is 26.7 Å². The molecule has 0 fully saturated rings. The van der Waals surface area contributed by atoms with Crippen LogP contribution >= 0.6 is 0 Å². The van der Waals surface area contributed by atoms with Crippen LogP contribution in [0.1, 0.15) is 25.0 Å². The highest BCUT2D eigenvalue weighted by molar-refractivity contribution is 5.79. The van der Waals surface area contributed by atoms with Gasteiger partial charge in [-0.2, -0.15) is 0 Å². The zero-order valence-corrected chi connectivity index (χ0v) is 15.6. The number of para-hydroxylation sites is 2. The van der Waals surface area contributed by atoms with E-state index in [-0.39, 0.29) is 0 Å². The summed E-state index contributed by atoms with van der Waals surface area (Å²) in [5.74, 6) is 2.71. The Morgan fingerprint density at radius 1 is 1.23 bits per heavy atom. The van der Waals surface area contributed by atoms with E-state index in [9.17, 15) is 0 Å². The van der Waals surface area contributed by atoms with E-state index in [1.807, 2.05) is 10.6 Å². The first kappa shape index (κ1) is 17.9. The van der Waals surface area contributed by atoms with Crippen molar-refractivity contribution in [1.82, 2.24) is 34.9 Å². The fourth-order valence-electron chi connectivity index (χ4n) is 2.99. The summed E-state index contributed by atoms with van der Waals surface area (Å²) in [6.07, 6.45) is 2.72. The van der Waals surface area contributed by atoms with Gasteiger partial charge in [-0.3, -0.25) is 4.99 Å².